The lowest BCUT2D eigenvalue weighted by atomic mass is 9.92. The van der Waals surface area contributed by atoms with Crippen molar-refractivity contribution >= 4 is 10.9 Å². The summed E-state index contributed by atoms with van der Waals surface area (Å²) in [6, 6.07) is 0. The zero-order valence-corrected chi connectivity index (χ0v) is 15.3. The van der Waals surface area contributed by atoms with E-state index in [1.165, 1.54) is 44.4 Å². The Morgan fingerprint density at radius 2 is 1.55 bits per heavy atom. The SMILES string of the molecule is C=C(Cc1c(C)n(C)c2c(C)c(C)c(C)c(C)c12)OC(C)C. The Bertz CT molecular complexity index is 747. The Hall–Kier alpha value is -1.70. The summed E-state index contributed by atoms with van der Waals surface area (Å²) in [5, 5.41) is 1.38. The van der Waals surface area contributed by atoms with Gasteiger partial charge < -0.3 is 9.30 Å². The smallest absolute Gasteiger partial charge is 0.0936 e. The van der Waals surface area contributed by atoms with Crippen LogP contribution in [0.1, 0.15) is 47.4 Å². The van der Waals surface area contributed by atoms with Crippen molar-refractivity contribution in [3.05, 3.63) is 45.8 Å². The van der Waals surface area contributed by atoms with Gasteiger partial charge in [0.1, 0.15) is 0 Å². The van der Waals surface area contributed by atoms with E-state index in [0.717, 1.165) is 12.2 Å². The first kappa shape index (κ1) is 16.7. The number of rotatable bonds is 4. The normalized spacial score (nSPS) is 11.5. The molecule has 2 rings (SSSR count). The second-order valence-corrected chi connectivity index (χ2v) is 6.73. The van der Waals surface area contributed by atoms with Crippen molar-refractivity contribution in [3.8, 4) is 0 Å². The van der Waals surface area contributed by atoms with Crippen molar-refractivity contribution in [1.29, 1.82) is 0 Å². The molecule has 0 spiro atoms. The standard InChI is InChI=1S/C20H29NO/c1-11(2)22-12(3)10-18-17(8)21(9)20-16(7)14(5)13(4)15(6)19(18)20/h11H,3,10H2,1-2,4-9H3. The first-order chi connectivity index (χ1) is 10.2. The predicted molar refractivity (Wildman–Crippen MR) is 95.7 cm³/mol. The minimum atomic E-state index is 0.176. The highest BCUT2D eigenvalue weighted by Crippen LogP contribution is 2.35. The highest BCUT2D eigenvalue weighted by atomic mass is 16.5. The maximum atomic E-state index is 5.79. The van der Waals surface area contributed by atoms with Gasteiger partial charge in [0.15, 0.2) is 0 Å². The molecule has 0 atom stereocenters. The van der Waals surface area contributed by atoms with E-state index >= 15 is 0 Å². The second kappa shape index (κ2) is 5.83. The number of nitrogens with zero attached hydrogens (tertiary/aromatic N) is 1. The molecule has 0 aliphatic carbocycles. The van der Waals surface area contributed by atoms with Crippen LogP contribution in [0, 0.1) is 34.6 Å². The van der Waals surface area contributed by atoms with Crippen LogP contribution in [0.25, 0.3) is 10.9 Å². The van der Waals surface area contributed by atoms with Crippen molar-refractivity contribution in [2.75, 3.05) is 0 Å². The Kier molecular flexibility index (Phi) is 4.42. The van der Waals surface area contributed by atoms with Crippen LogP contribution in [-0.4, -0.2) is 10.7 Å². The molecule has 0 unspecified atom stereocenters. The number of hydrogen-bond acceptors (Lipinski definition) is 1. The minimum Gasteiger partial charge on any atom is -0.496 e. The molecule has 1 heterocycles. The molecule has 0 radical (unpaired) electrons. The molecular formula is C20H29NO. The van der Waals surface area contributed by atoms with Gasteiger partial charge in [-0.3, -0.25) is 0 Å². The summed E-state index contributed by atoms with van der Waals surface area (Å²) in [7, 11) is 2.16. The van der Waals surface area contributed by atoms with E-state index in [1.54, 1.807) is 0 Å². The molecule has 0 saturated carbocycles. The van der Waals surface area contributed by atoms with Gasteiger partial charge in [0.2, 0.25) is 0 Å². The molecule has 1 aromatic heterocycles. The molecule has 0 aliphatic rings. The third-order valence-electron chi connectivity index (χ3n) is 5.01. The monoisotopic (exact) mass is 299 g/mol. The molecule has 2 aromatic rings. The fourth-order valence-corrected chi connectivity index (χ4v) is 3.42. The van der Waals surface area contributed by atoms with Crippen LogP contribution in [0.4, 0.5) is 0 Å². The lowest BCUT2D eigenvalue weighted by Gasteiger charge is -2.15. The molecule has 0 amide bonds. The van der Waals surface area contributed by atoms with E-state index in [1.807, 2.05) is 13.8 Å². The van der Waals surface area contributed by atoms with E-state index in [0.29, 0.717) is 0 Å². The molecule has 0 N–H and O–H groups in total. The number of fused-ring (bicyclic) bond motifs is 1. The van der Waals surface area contributed by atoms with Crippen LogP contribution in [-0.2, 0) is 18.2 Å². The Labute approximate surface area is 134 Å². The molecule has 0 bridgehead atoms. The number of aryl methyl sites for hydroxylation is 3. The zero-order valence-electron chi connectivity index (χ0n) is 15.3. The molecule has 22 heavy (non-hydrogen) atoms. The molecule has 0 saturated heterocycles. The summed E-state index contributed by atoms with van der Waals surface area (Å²) >= 11 is 0. The largest absolute Gasteiger partial charge is 0.496 e. The lowest BCUT2D eigenvalue weighted by molar-refractivity contribution is 0.144. The molecule has 0 aliphatic heterocycles. The highest BCUT2D eigenvalue weighted by molar-refractivity contribution is 5.93. The summed E-state index contributed by atoms with van der Waals surface area (Å²) in [6.45, 7) is 19.3. The summed E-state index contributed by atoms with van der Waals surface area (Å²) in [5.74, 6) is 0.848. The van der Waals surface area contributed by atoms with Crippen molar-refractivity contribution < 1.29 is 4.74 Å². The summed E-state index contributed by atoms with van der Waals surface area (Å²) in [5.41, 5.74) is 9.57. The average Bonchev–Trinajstić information content (AvgIpc) is 2.67. The van der Waals surface area contributed by atoms with Gasteiger partial charge in [0, 0.05) is 24.5 Å². The fourth-order valence-electron chi connectivity index (χ4n) is 3.42. The summed E-state index contributed by atoms with van der Waals surface area (Å²) in [4.78, 5) is 0. The van der Waals surface area contributed by atoms with Crippen LogP contribution >= 0.6 is 0 Å². The Balaban J connectivity index is 2.70. The van der Waals surface area contributed by atoms with Gasteiger partial charge in [-0.15, -0.1) is 0 Å². The van der Waals surface area contributed by atoms with Gasteiger partial charge in [-0.2, -0.15) is 0 Å². The molecule has 1 aromatic carbocycles. The number of hydrogen-bond donors (Lipinski definition) is 0. The molecule has 2 heteroatoms. The van der Waals surface area contributed by atoms with Crippen LogP contribution in [0.15, 0.2) is 12.3 Å². The van der Waals surface area contributed by atoms with Gasteiger partial charge in [-0.25, -0.2) is 0 Å². The zero-order chi connectivity index (χ0) is 16.8. The molecule has 0 fully saturated rings. The Morgan fingerprint density at radius 3 is 2.09 bits per heavy atom. The fraction of sp³-hybridized carbons (Fsp3) is 0.500. The van der Waals surface area contributed by atoms with Crippen LogP contribution in [0.3, 0.4) is 0 Å². The molecule has 2 nitrogen and oxygen atoms in total. The second-order valence-electron chi connectivity index (χ2n) is 6.73. The highest BCUT2D eigenvalue weighted by Gasteiger charge is 2.20. The van der Waals surface area contributed by atoms with Gasteiger partial charge in [-0.05, 0) is 76.3 Å². The first-order valence-electron chi connectivity index (χ1n) is 8.05. The van der Waals surface area contributed by atoms with E-state index in [-0.39, 0.29) is 6.10 Å². The van der Waals surface area contributed by atoms with Gasteiger partial charge in [0.25, 0.3) is 0 Å². The third-order valence-corrected chi connectivity index (χ3v) is 5.01. The van der Waals surface area contributed by atoms with E-state index in [9.17, 15) is 0 Å². The van der Waals surface area contributed by atoms with Crippen molar-refractivity contribution in [2.24, 2.45) is 7.05 Å². The number of ether oxygens (including phenoxy) is 1. The number of allylic oxidation sites excluding steroid dienone is 1. The predicted octanol–water partition coefficient (Wildman–Crippen LogP) is 5.20. The van der Waals surface area contributed by atoms with Crippen molar-refractivity contribution in [3.63, 3.8) is 0 Å². The van der Waals surface area contributed by atoms with Crippen molar-refractivity contribution in [1.82, 2.24) is 4.57 Å². The molecular weight excluding hydrogens is 270 g/mol. The van der Waals surface area contributed by atoms with Crippen LogP contribution in [0.5, 0.6) is 0 Å². The van der Waals surface area contributed by atoms with Crippen LogP contribution in [0.2, 0.25) is 0 Å². The van der Waals surface area contributed by atoms with Crippen LogP contribution < -0.4 is 0 Å². The van der Waals surface area contributed by atoms with Gasteiger partial charge >= 0.3 is 0 Å². The quantitative estimate of drug-likeness (QED) is 0.708. The lowest BCUT2D eigenvalue weighted by Crippen LogP contribution is -2.04. The minimum absolute atomic E-state index is 0.176. The van der Waals surface area contributed by atoms with Gasteiger partial charge in [0.05, 0.1) is 17.4 Å². The number of aromatic nitrogens is 1. The summed E-state index contributed by atoms with van der Waals surface area (Å²) < 4.78 is 8.11. The van der Waals surface area contributed by atoms with Crippen molar-refractivity contribution in [2.45, 2.75) is 61.0 Å². The maximum absolute atomic E-state index is 5.79. The third kappa shape index (κ3) is 2.55. The van der Waals surface area contributed by atoms with E-state index in [2.05, 4.69) is 52.8 Å². The van der Waals surface area contributed by atoms with E-state index in [4.69, 9.17) is 4.74 Å². The Morgan fingerprint density at radius 1 is 1.00 bits per heavy atom. The number of benzene rings is 1. The first-order valence-corrected chi connectivity index (χ1v) is 8.05. The average molecular weight is 299 g/mol. The topological polar surface area (TPSA) is 14.2 Å². The molecule has 120 valence electrons. The van der Waals surface area contributed by atoms with E-state index < -0.39 is 0 Å². The maximum Gasteiger partial charge on any atom is 0.0936 e. The summed E-state index contributed by atoms with van der Waals surface area (Å²) in [6.07, 6.45) is 0.957. The van der Waals surface area contributed by atoms with Gasteiger partial charge in [-0.1, -0.05) is 6.58 Å².